The van der Waals surface area contributed by atoms with E-state index in [-0.39, 0.29) is 12.0 Å². The number of amides is 1. The number of carbonyl (C=O) groups excluding carboxylic acids is 1. The second-order valence-electron chi connectivity index (χ2n) is 4.52. The van der Waals surface area contributed by atoms with Gasteiger partial charge < -0.3 is 15.4 Å². The lowest BCUT2D eigenvalue weighted by Gasteiger charge is -2.09. The zero-order valence-electron chi connectivity index (χ0n) is 10.4. The molecule has 0 heterocycles. The van der Waals surface area contributed by atoms with Crippen molar-refractivity contribution >= 4 is 5.91 Å². The Kier molecular flexibility index (Phi) is 6.42. The van der Waals surface area contributed by atoms with Crippen molar-refractivity contribution in [1.82, 2.24) is 10.6 Å². The summed E-state index contributed by atoms with van der Waals surface area (Å²) in [6, 6.07) is 0.762. The highest BCUT2D eigenvalue weighted by Gasteiger charge is 2.19. The minimum Gasteiger partial charge on any atom is -0.382 e. The molecule has 1 amide bonds. The van der Waals surface area contributed by atoms with Crippen LogP contribution in [0.2, 0.25) is 0 Å². The Hall–Kier alpha value is -0.610. The first-order valence-electron chi connectivity index (χ1n) is 6.25. The molecule has 1 unspecified atom stereocenters. The van der Waals surface area contributed by atoms with E-state index >= 15 is 0 Å². The van der Waals surface area contributed by atoms with Crippen LogP contribution in [-0.4, -0.2) is 38.3 Å². The molecule has 0 aliphatic heterocycles. The molecule has 94 valence electrons. The quantitative estimate of drug-likeness (QED) is 0.580. The Morgan fingerprint density at radius 2 is 2.19 bits per heavy atom. The first-order valence-corrected chi connectivity index (χ1v) is 6.25. The number of ether oxygens (including phenoxy) is 1. The fourth-order valence-corrected chi connectivity index (χ4v) is 1.45. The van der Waals surface area contributed by atoms with E-state index in [2.05, 4.69) is 10.6 Å². The number of hydrogen-bond donors (Lipinski definition) is 2. The van der Waals surface area contributed by atoms with Crippen molar-refractivity contribution in [2.75, 3.05) is 20.2 Å². The van der Waals surface area contributed by atoms with E-state index in [1.165, 1.54) is 12.8 Å². The fourth-order valence-electron chi connectivity index (χ4n) is 1.45. The van der Waals surface area contributed by atoms with E-state index in [0.717, 1.165) is 32.0 Å². The number of carbonyl (C=O) groups is 1. The van der Waals surface area contributed by atoms with Crippen LogP contribution in [0.15, 0.2) is 0 Å². The molecule has 0 spiro atoms. The normalized spacial score (nSPS) is 17.1. The summed E-state index contributed by atoms with van der Waals surface area (Å²) in [5.74, 6) is 0.135. The van der Waals surface area contributed by atoms with Gasteiger partial charge in [-0.25, -0.2) is 0 Å². The van der Waals surface area contributed by atoms with Crippen LogP contribution >= 0.6 is 0 Å². The van der Waals surface area contributed by atoms with Crippen LogP contribution in [0.5, 0.6) is 0 Å². The van der Waals surface area contributed by atoms with Crippen molar-refractivity contribution in [3.8, 4) is 0 Å². The Bertz CT molecular complexity index is 205. The molecule has 0 saturated heterocycles. The highest BCUT2D eigenvalue weighted by Crippen LogP contribution is 2.18. The predicted molar refractivity (Wildman–Crippen MR) is 64.4 cm³/mol. The van der Waals surface area contributed by atoms with Crippen LogP contribution in [0.3, 0.4) is 0 Å². The van der Waals surface area contributed by atoms with Crippen molar-refractivity contribution in [2.45, 2.75) is 51.2 Å². The van der Waals surface area contributed by atoms with E-state index in [1.807, 2.05) is 6.92 Å². The van der Waals surface area contributed by atoms with Gasteiger partial charge in [0.1, 0.15) is 0 Å². The third kappa shape index (κ3) is 6.80. The maximum atomic E-state index is 11.4. The number of hydrogen-bond acceptors (Lipinski definition) is 3. The highest BCUT2D eigenvalue weighted by atomic mass is 16.5. The molecule has 2 N–H and O–H groups in total. The van der Waals surface area contributed by atoms with Gasteiger partial charge in [0.25, 0.3) is 0 Å². The summed E-state index contributed by atoms with van der Waals surface area (Å²) in [5.41, 5.74) is 0. The summed E-state index contributed by atoms with van der Waals surface area (Å²) in [6.07, 6.45) is 5.18. The maximum Gasteiger partial charge on any atom is 0.220 e. The molecule has 0 aromatic rings. The van der Waals surface area contributed by atoms with Gasteiger partial charge in [-0.2, -0.15) is 0 Å². The first-order chi connectivity index (χ1) is 7.72. The van der Waals surface area contributed by atoms with Gasteiger partial charge in [0.2, 0.25) is 5.91 Å². The maximum absolute atomic E-state index is 11.4. The zero-order valence-corrected chi connectivity index (χ0v) is 10.4. The van der Waals surface area contributed by atoms with Crippen molar-refractivity contribution in [3.05, 3.63) is 0 Å². The molecule has 0 bridgehead atoms. The van der Waals surface area contributed by atoms with Gasteiger partial charge in [-0.15, -0.1) is 0 Å². The standard InChI is InChI=1S/C12H24N2O2/c1-10(16-2)4-7-12(15)14-9-3-8-13-11-5-6-11/h10-11,13H,3-9H2,1-2H3,(H,14,15). The van der Waals surface area contributed by atoms with Gasteiger partial charge >= 0.3 is 0 Å². The molecular formula is C12H24N2O2. The molecule has 1 aliphatic carbocycles. The van der Waals surface area contributed by atoms with Crippen LogP contribution < -0.4 is 10.6 Å². The Labute approximate surface area is 98.1 Å². The van der Waals surface area contributed by atoms with E-state index in [1.54, 1.807) is 7.11 Å². The third-order valence-corrected chi connectivity index (χ3v) is 2.87. The minimum absolute atomic E-state index is 0.135. The molecule has 1 rings (SSSR count). The summed E-state index contributed by atoms with van der Waals surface area (Å²) in [7, 11) is 1.67. The summed E-state index contributed by atoms with van der Waals surface area (Å²) in [6.45, 7) is 3.77. The van der Waals surface area contributed by atoms with Crippen molar-refractivity contribution in [3.63, 3.8) is 0 Å². The molecule has 1 fully saturated rings. The van der Waals surface area contributed by atoms with E-state index < -0.39 is 0 Å². The van der Waals surface area contributed by atoms with Crippen LogP contribution in [0.25, 0.3) is 0 Å². The zero-order chi connectivity index (χ0) is 11.8. The average Bonchev–Trinajstić information content (AvgIpc) is 3.09. The van der Waals surface area contributed by atoms with Crippen LogP contribution in [0, 0.1) is 0 Å². The molecule has 1 aliphatic rings. The molecule has 0 aromatic heterocycles. The second-order valence-corrected chi connectivity index (χ2v) is 4.52. The lowest BCUT2D eigenvalue weighted by Crippen LogP contribution is -2.28. The van der Waals surface area contributed by atoms with Crippen LogP contribution in [0.1, 0.15) is 39.0 Å². The second kappa shape index (κ2) is 7.63. The van der Waals surface area contributed by atoms with Gasteiger partial charge in [0.15, 0.2) is 0 Å². The largest absolute Gasteiger partial charge is 0.382 e. The summed E-state index contributed by atoms with van der Waals surface area (Å²) < 4.78 is 5.09. The molecule has 4 nitrogen and oxygen atoms in total. The molecule has 0 aromatic carbocycles. The summed E-state index contributed by atoms with van der Waals surface area (Å²) >= 11 is 0. The molecule has 0 radical (unpaired) electrons. The van der Waals surface area contributed by atoms with Gasteiger partial charge in [-0.3, -0.25) is 4.79 Å². The summed E-state index contributed by atoms with van der Waals surface area (Å²) in [5, 5.41) is 6.34. The molecule has 4 heteroatoms. The van der Waals surface area contributed by atoms with E-state index in [9.17, 15) is 4.79 Å². The number of rotatable bonds is 9. The number of nitrogens with one attached hydrogen (secondary N) is 2. The van der Waals surface area contributed by atoms with Gasteiger partial charge in [0.05, 0.1) is 6.10 Å². The smallest absolute Gasteiger partial charge is 0.220 e. The lowest BCUT2D eigenvalue weighted by atomic mass is 10.2. The molecule has 1 atom stereocenters. The monoisotopic (exact) mass is 228 g/mol. The van der Waals surface area contributed by atoms with Crippen LogP contribution in [0.4, 0.5) is 0 Å². The van der Waals surface area contributed by atoms with E-state index in [4.69, 9.17) is 4.74 Å². The Balaban J connectivity index is 1.84. The minimum atomic E-state index is 0.135. The predicted octanol–water partition coefficient (Wildman–Crippen LogP) is 1.06. The van der Waals surface area contributed by atoms with Crippen LogP contribution in [-0.2, 0) is 9.53 Å². The van der Waals surface area contributed by atoms with Crippen molar-refractivity contribution < 1.29 is 9.53 Å². The first kappa shape index (κ1) is 13.5. The average molecular weight is 228 g/mol. The molecule has 1 saturated carbocycles. The third-order valence-electron chi connectivity index (χ3n) is 2.87. The molecule has 16 heavy (non-hydrogen) atoms. The summed E-state index contributed by atoms with van der Waals surface area (Å²) in [4.78, 5) is 11.4. The lowest BCUT2D eigenvalue weighted by molar-refractivity contribution is -0.121. The van der Waals surface area contributed by atoms with Gasteiger partial charge in [-0.05, 0) is 39.2 Å². The van der Waals surface area contributed by atoms with Crippen molar-refractivity contribution in [1.29, 1.82) is 0 Å². The number of methoxy groups -OCH3 is 1. The fraction of sp³-hybridized carbons (Fsp3) is 0.917. The highest BCUT2D eigenvalue weighted by molar-refractivity contribution is 5.75. The van der Waals surface area contributed by atoms with Gasteiger partial charge in [0, 0.05) is 26.1 Å². The van der Waals surface area contributed by atoms with Gasteiger partial charge in [-0.1, -0.05) is 0 Å². The Morgan fingerprint density at radius 1 is 1.44 bits per heavy atom. The Morgan fingerprint density at radius 3 is 2.81 bits per heavy atom. The SMILES string of the molecule is COC(C)CCC(=O)NCCCNC1CC1. The molecular weight excluding hydrogens is 204 g/mol. The topological polar surface area (TPSA) is 50.4 Å². The van der Waals surface area contributed by atoms with E-state index in [0.29, 0.717) is 6.42 Å². The van der Waals surface area contributed by atoms with Crippen molar-refractivity contribution in [2.24, 2.45) is 0 Å².